The number of halogens is 1. The highest BCUT2D eigenvalue weighted by Crippen LogP contribution is 2.22. The SMILES string of the molecule is Cn1cc(O[C@@H]2CN(C(=O)c3cc4nccnc4cc3F)C[C@H]2O)cn1. The smallest absolute Gasteiger partial charge is 0.257 e. The molecule has 26 heavy (non-hydrogen) atoms. The number of hydrogen-bond donors (Lipinski definition) is 1. The summed E-state index contributed by atoms with van der Waals surface area (Å²) in [6.07, 6.45) is 4.65. The van der Waals surface area contributed by atoms with Crippen LogP contribution in [0.2, 0.25) is 0 Å². The molecule has 0 aliphatic carbocycles. The van der Waals surface area contributed by atoms with E-state index in [9.17, 15) is 14.3 Å². The topological polar surface area (TPSA) is 93.4 Å². The molecule has 4 rings (SSSR count). The fraction of sp³-hybridized carbons (Fsp3) is 0.294. The minimum atomic E-state index is -0.873. The molecular weight excluding hydrogens is 341 g/mol. The minimum absolute atomic E-state index is 0.0572. The van der Waals surface area contributed by atoms with Gasteiger partial charge in [0.05, 0.1) is 42.1 Å². The monoisotopic (exact) mass is 357 g/mol. The Morgan fingerprint density at radius 1 is 1.27 bits per heavy atom. The number of aliphatic hydroxyl groups excluding tert-OH is 1. The maximum atomic E-state index is 14.3. The van der Waals surface area contributed by atoms with Crippen molar-refractivity contribution < 1.29 is 19.0 Å². The van der Waals surface area contributed by atoms with E-state index in [-0.39, 0.29) is 18.7 Å². The molecule has 1 amide bonds. The third kappa shape index (κ3) is 2.97. The van der Waals surface area contributed by atoms with Crippen LogP contribution in [0.5, 0.6) is 5.75 Å². The number of aryl methyl sites for hydroxylation is 1. The molecule has 9 heteroatoms. The number of carbonyl (C=O) groups is 1. The van der Waals surface area contributed by atoms with Crippen molar-refractivity contribution >= 4 is 16.9 Å². The van der Waals surface area contributed by atoms with Gasteiger partial charge >= 0.3 is 0 Å². The van der Waals surface area contributed by atoms with Gasteiger partial charge in [-0.2, -0.15) is 5.10 Å². The van der Waals surface area contributed by atoms with Crippen LogP contribution in [0.4, 0.5) is 4.39 Å². The molecule has 1 fully saturated rings. The van der Waals surface area contributed by atoms with Gasteiger partial charge in [-0.15, -0.1) is 0 Å². The van der Waals surface area contributed by atoms with Gasteiger partial charge in [-0.1, -0.05) is 0 Å². The van der Waals surface area contributed by atoms with Gasteiger partial charge in [0.1, 0.15) is 18.0 Å². The average molecular weight is 357 g/mol. The number of aliphatic hydroxyl groups is 1. The Bertz CT molecular complexity index is 976. The van der Waals surface area contributed by atoms with Crippen molar-refractivity contribution in [2.24, 2.45) is 7.05 Å². The fourth-order valence-corrected chi connectivity index (χ4v) is 2.99. The van der Waals surface area contributed by atoms with E-state index in [0.29, 0.717) is 16.8 Å². The third-order valence-corrected chi connectivity index (χ3v) is 4.28. The first kappa shape index (κ1) is 16.4. The zero-order valence-corrected chi connectivity index (χ0v) is 13.9. The quantitative estimate of drug-likeness (QED) is 0.744. The number of carbonyl (C=O) groups excluding carboxylic acids is 1. The van der Waals surface area contributed by atoms with Gasteiger partial charge in [-0.05, 0) is 6.07 Å². The second-order valence-electron chi connectivity index (χ2n) is 6.16. The Morgan fingerprint density at radius 2 is 2.00 bits per heavy atom. The number of amides is 1. The number of fused-ring (bicyclic) bond motifs is 1. The lowest BCUT2D eigenvalue weighted by molar-refractivity contribution is 0.0728. The summed E-state index contributed by atoms with van der Waals surface area (Å²) in [4.78, 5) is 22.2. The van der Waals surface area contributed by atoms with Crippen LogP contribution in [0.1, 0.15) is 10.4 Å². The van der Waals surface area contributed by atoms with Crippen LogP contribution in [0, 0.1) is 5.82 Å². The van der Waals surface area contributed by atoms with E-state index in [1.807, 2.05) is 0 Å². The van der Waals surface area contributed by atoms with Crippen molar-refractivity contribution in [3.63, 3.8) is 0 Å². The molecule has 0 bridgehead atoms. The Balaban J connectivity index is 1.54. The number of rotatable bonds is 3. The van der Waals surface area contributed by atoms with Gasteiger partial charge < -0.3 is 14.7 Å². The molecule has 2 aromatic heterocycles. The first-order valence-corrected chi connectivity index (χ1v) is 8.04. The highest BCUT2D eigenvalue weighted by molar-refractivity contribution is 5.97. The molecule has 1 saturated heterocycles. The molecule has 2 atom stereocenters. The molecule has 0 unspecified atom stereocenters. The van der Waals surface area contributed by atoms with E-state index in [1.165, 1.54) is 35.6 Å². The summed E-state index contributed by atoms with van der Waals surface area (Å²) >= 11 is 0. The summed E-state index contributed by atoms with van der Waals surface area (Å²) in [7, 11) is 1.75. The van der Waals surface area contributed by atoms with E-state index < -0.39 is 23.9 Å². The summed E-state index contributed by atoms with van der Waals surface area (Å²) in [5.41, 5.74) is 0.702. The molecule has 1 aliphatic heterocycles. The van der Waals surface area contributed by atoms with Crippen molar-refractivity contribution in [3.8, 4) is 5.75 Å². The molecule has 3 aromatic rings. The summed E-state index contributed by atoms with van der Waals surface area (Å²) in [5.74, 6) is -0.696. The Labute approximate surface area is 147 Å². The summed E-state index contributed by atoms with van der Waals surface area (Å²) < 4.78 is 21.6. The van der Waals surface area contributed by atoms with Crippen molar-refractivity contribution in [3.05, 3.63) is 48.3 Å². The molecule has 0 saturated carbocycles. The van der Waals surface area contributed by atoms with Gasteiger partial charge in [0.25, 0.3) is 5.91 Å². The van der Waals surface area contributed by atoms with Crippen molar-refractivity contribution in [2.75, 3.05) is 13.1 Å². The van der Waals surface area contributed by atoms with Gasteiger partial charge in [0.2, 0.25) is 0 Å². The minimum Gasteiger partial charge on any atom is -0.482 e. The predicted octanol–water partition coefficient (Wildman–Crippen LogP) is 0.767. The molecule has 134 valence electrons. The van der Waals surface area contributed by atoms with Crippen LogP contribution in [0.15, 0.2) is 36.9 Å². The number of benzene rings is 1. The fourth-order valence-electron chi connectivity index (χ4n) is 2.99. The number of β-amino-alcohol motifs (C(OH)–C–C–N with tert-alkyl or cyclic N) is 1. The van der Waals surface area contributed by atoms with Crippen molar-refractivity contribution in [2.45, 2.75) is 12.2 Å². The number of ether oxygens (including phenoxy) is 1. The lowest BCUT2D eigenvalue weighted by atomic mass is 10.1. The normalized spacial score (nSPS) is 19.9. The van der Waals surface area contributed by atoms with Gasteiger partial charge in [0.15, 0.2) is 5.75 Å². The van der Waals surface area contributed by atoms with E-state index in [0.717, 1.165) is 0 Å². The van der Waals surface area contributed by atoms with E-state index in [4.69, 9.17) is 4.74 Å². The first-order chi connectivity index (χ1) is 12.5. The van der Waals surface area contributed by atoms with Crippen LogP contribution in [0.3, 0.4) is 0 Å². The van der Waals surface area contributed by atoms with Crippen LogP contribution in [-0.4, -0.2) is 61.0 Å². The number of aromatic nitrogens is 4. The molecule has 3 heterocycles. The molecule has 8 nitrogen and oxygen atoms in total. The van der Waals surface area contributed by atoms with Gasteiger partial charge in [0, 0.05) is 25.5 Å². The molecular formula is C17H16FN5O3. The molecule has 1 aromatic carbocycles. The molecule has 0 radical (unpaired) electrons. The Hall–Kier alpha value is -3.07. The number of hydrogen-bond acceptors (Lipinski definition) is 6. The lowest BCUT2D eigenvalue weighted by Gasteiger charge is -2.17. The largest absolute Gasteiger partial charge is 0.482 e. The summed E-state index contributed by atoms with van der Waals surface area (Å²) in [5, 5.41) is 14.2. The molecule has 1 aliphatic rings. The van der Waals surface area contributed by atoms with Crippen LogP contribution in [-0.2, 0) is 7.05 Å². The Kier molecular flexibility index (Phi) is 4.00. The maximum Gasteiger partial charge on any atom is 0.257 e. The van der Waals surface area contributed by atoms with Gasteiger partial charge in [-0.25, -0.2) is 4.39 Å². The number of likely N-dealkylation sites (tertiary alicyclic amines) is 1. The van der Waals surface area contributed by atoms with E-state index >= 15 is 0 Å². The summed E-state index contributed by atoms with van der Waals surface area (Å²) in [6.45, 7) is 0.203. The zero-order chi connectivity index (χ0) is 18.3. The second-order valence-corrected chi connectivity index (χ2v) is 6.16. The average Bonchev–Trinajstić information content (AvgIpc) is 3.20. The first-order valence-electron chi connectivity index (χ1n) is 8.04. The summed E-state index contributed by atoms with van der Waals surface area (Å²) in [6, 6.07) is 2.56. The Morgan fingerprint density at radius 3 is 2.69 bits per heavy atom. The lowest BCUT2D eigenvalue weighted by Crippen LogP contribution is -2.31. The standard InChI is InChI=1S/C17H16FN5O3/c1-22-7-10(6-21-22)26-16-9-23(8-15(16)24)17(25)11-4-13-14(5-12(11)18)20-3-2-19-13/h2-7,15-16,24H,8-9H2,1H3/t15-,16-/m1/s1. The van der Waals surface area contributed by atoms with Crippen LogP contribution in [0.25, 0.3) is 11.0 Å². The predicted molar refractivity (Wildman–Crippen MR) is 89.0 cm³/mol. The van der Waals surface area contributed by atoms with E-state index in [1.54, 1.807) is 17.9 Å². The van der Waals surface area contributed by atoms with Crippen LogP contribution >= 0.6 is 0 Å². The molecule has 0 spiro atoms. The molecule has 1 N–H and O–H groups in total. The van der Waals surface area contributed by atoms with Crippen molar-refractivity contribution in [1.29, 1.82) is 0 Å². The second kappa shape index (κ2) is 6.34. The maximum absolute atomic E-state index is 14.3. The third-order valence-electron chi connectivity index (χ3n) is 4.28. The highest BCUT2D eigenvalue weighted by Gasteiger charge is 2.37. The highest BCUT2D eigenvalue weighted by atomic mass is 19.1. The number of nitrogens with zero attached hydrogens (tertiary/aromatic N) is 5. The van der Waals surface area contributed by atoms with Crippen LogP contribution < -0.4 is 4.74 Å². The van der Waals surface area contributed by atoms with E-state index in [2.05, 4.69) is 15.1 Å². The van der Waals surface area contributed by atoms with Gasteiger partial charge in [-0.3, -0.25) is 19.4 Å². The zero-order valence-electron chi connectivity index (χ0n) is 13.9. The van der Waals surface area contributed by atoms with Crippen molar-refractivity contribution in [1.82, 2.24) is 24.6 Å².